The van der Waals surface area contributed by atoms with E-state index in [0.29, 0.717) is 11.8 Å². The van der Waals surface area contributed by atoms with Crippen LogP contribution in [-0.2, 0) is 0 Å². The zero-order chi connectivity index (χ0) is 13.4. The second-order valence-electron chi connectivity index (χ2n) is 7.37. The fourth-order valence-corrected chi connectivity index (χ4v) is 4.96. The van der Waals surface area contributed by atoms with Gasteiger partial charge in [0.1, 0.15) is 5.82 Å². The molecular formula is C17H27N3. The minimum absolute atomic E-state index is 0.640. The van der Waals surface area contributed by atoms with E-state index in [1.54, 1.807) is 0 Å². The van der Waals surface area contributed by atoms with Crippen molar-refractivity contribution in [3.05, 3.63) is 11.6 Å². The second kappa shape index (κ2) is 5.50. The van der Waals surface area contributed by atoms with Gasteiger partial charge in [0, 0.05) is 11.8 Å². The molecule has 3 atom stereocenters. The van der Waals surface area contributed by atoms with E-state index in [1.807, 2.05) is 0 Å². The van der Waals surface area contributed by atoms with E-state index < -0.39 is 0 Å². The molecule has 0 spiro atoms. The molecule has 1 aromatic heterocycles. The van der Waals surface area contributed by atoms with E-state index in [4.69, 9.17) is 4.98 Å². The lowest BCUT2D eigenvalue weighted by Gasteiger charge is -2.38. The lowest BCUT2D eigenvalue weighted by Crippen LogP contribution is -2.27. The zero-order valence-electron chi connectivity index (χ0n) is 12.5. The van der Waals surface area contributed by atoms with E-state index in [1.165, 1.54) is 76.5 Å². The summed E-state index contributed by atoms with van der Waals surface area (Å²) >= 11 is 0. The van der Waals surface area contributed by atoms with Crippen molar-refractivity contribution in [3.63, 3.8) is 0 Å². The first-order chi connectivity index (χ1) is 9.90. The molecule has 3 nitrogen and oxygen atoms in total. The Kier molecular flexibility index (Phi) is 3.53. The third kappa shape index (κ3) is 2.40. The van der Waals surface area contributed by atoms with Crippen molar-refractivity contribution < 1.29 is 0 Å². The van der Waals surface area contributed by atoms with Gasteiger partial charge in [0.05, 0.1) is 0 Å². The largest absolute Gasteiger partial charge is 0.263 e. The standard InChI is InChI=1S/C17H27N3/c1-4-8-14-11-15(10-9-12(14)5-1)17-18-16(19-20-17)13-6-2-3-7-13/h12-15H,1-11H2,(H,18,19,20). The molecule has 3 saturated carbocycles. The average Bonchev–Trinajstić information content (AvgIpc) is 3.17. The molecule has 1 N–H and O–H groups in total. The Morgan fingerprint density at radius 3 is 2.35 bits per heavy atom. The monoisotopic (exact) mass is 273 g/mol. The molecule has 3 aliphatic carbocycles. The van der Waals surface area contributed by atoms with Crippen LogP contribution in [0.25, 0.3) is 0 Å². The molecule has 0 radical (unpaired) electrons. The summed E-state index contributed by atoms with van der Waals surface area (Å²) in [5.41, 5.74) is 0. The molecule has 0 bridgehead atoms. The van der Waals surface area contributed by atoms with E-state index >= 15 is 0 Å². The van der Waals surface area contributed by atoms with Crippen LogP contribution < -0.4 is 0 Å². The first kappa shape index (κ1) is 12.8. The van der Waals surface area contributed by atoms with Crippen LogP contribution >= 0.6 is 0 Å². The summed E-state index contributed by atoms with van der Waals surface area (Å²) in [6.07, 6.45) is 15.3. The summed E-state index contributed by atoms with van der Waals surface area (Å²) in [6, 6.07) is 0. The molecule has 3 heteroatoms. The number of aromatic nitrogens is 3. The molecule has 110 valence electrons. The highest BCUT2D eigenvalue weighted by Gasteiger charge is 2.34. The maximum absolute atomic E-state index is 4.89. The summed E-state index contributed by atoms with van der Waals surface area (Å²) in [6.45, 7) is 0. The van der Waals surface area contributed by atoms with Crippen molar-refractivity contribution in [2.24, 2.45) is 11.8 Å². The SMILES string of the molecule is C1CCC(c2nc(C3CCC4CCCCC4C3)n[nH]2)C1. The van der Waals surface area contributed by atoms with Crippen molar-refractivity contribution in [2.75, 3.05) is 0 Å². The number of nitrogens with one attached hydrogen (secondary N) is 1. The molecule has 3 aliphatic rings. The molecule has 3 fully saturated rings. The smallest absolute Gasteiger partial charge is 0.153 e. The van der Waals surface area contributed by atoms with Crippen LogP contribution in [0.15, 0.2) is 0 Å². The normalized spacial score (nSPS) is 35.1. The highest BCUT2D eigenvalue weighted by molar-refractivity contribution is 5.05. The number of rotatable bonds is 2. The Balaban J connectivity index is 1.45. The van der Waals surface area contributed by atoms with Crippen LogP contribution in [0, 0.1) is 11.8 Å². The first-order valence-electron chi connectivity index (χ1n) is 8.82. The third-order valence-electron chi connectivity index (χ3n) is 6.17. The Labute approximate surface area is 122 Å². The molecule has 0 amide bonds. The van der Waals surface area contributed by atoms with Crippen LogP contribution in [0.5, 0.6) is 0 Å². The molecule has 0 aromatic carbocycles. The van der Waals surface area contributed by atoms with Gasteiger partial charge >= 0.3 is 0 Å². The first-order valence-corrected chi connectivity index (χ1v) is 8.82. The van der Waals surface area contributed by atoms with Crippen LogP contribution in [0.3, 0.4) is 0 Å². The van der Waals surface area contributed by atoms with Gasteiger partial charge < -0.3 is 0 Å². The van der Waals surface area contributed by atoms with Gasteiger partial charge in [-0.1, -0.05) is 38.5 Å². The van der Waals surface area contributed by atoms with Crippen molar-refractivity contribution in [2.45, 2.75) is 82.5 Å². The Bertz CT molecular complexity index is 447. The highest BCUT2D eigenvalue weighted by atomic mass is 15.2. The quantitative estimate of drug-likeness (QED) is 0.859. The maximum atomic E-state index is 4.89. The molecule has 20 heavy (non-hydrogen) atoms. The van der Waals surface area contributed by atoms with Crippen molar-refractivity contribution in [1.82, 2.24) is 15.2 Å². The average molecular weight is 273 g/mol. The summed E-state index contributed by atoms with van der Waals surface area (Å²) < 4.78 is 0. The van der Waals surface area contributed by atoms with Gasteiger partial charge in [0.2, 0.25) is 0 Å². The van der Waals surface area contributed by atoms with Crippen LogP contribution in [0.2, 0.25) is 0 Å². The maximum Gasteiger partial charge on any atom is 0.153 e. The minimum Gasteiger partial charge on any atom is -0.263 e. The molecule has 1 heterocycles. The van der Waals surface area contributed by atoms with Gasteiger partial charge in [-0.15, -0.1) is 0 Å². The molecule has 4 rings (SSSR count). The van der Waals surface area contributed by atoms with Gasteiger partial charge in [0.25, 0.3) is 0 Å². The molecule has 1 aromatic rings. The van der Waals surface area contributed by atoms with Crippen molar-refractivity contribution >= 4 is 0 Å². The topological polar surface area (TPSA) is 41.6 Å². The summed E-state index contributed by atoms with van der Waals surface area (Å²) in [4.78, 5) is 4.89. The fraction of sp³-hybridized carbons (Fsp3) is 0.882. The van der Waals surface area contributed by atoms with Crippen molar-refractivity contribution in [3.8, 4) is 0 Å². The molecule has 0 saturated heterocycles. The summed E-state index contributed by atoms with van der Waals surface area (Å²) in [5.74, 6) is 5.62. The highest BCUT2D eigenvalue weighted by Crippen LogP contribution is 2.45. The van der Waals surface area contributed by atoms with Crippen LogP contribution in [-0.4, -0.2) is 15.2 Å². The van der Waals surface area contributed by atoms with Crippen molar-refractivity contribution in [1.29, 1.82) is 0 Å². The predicted octanol–water partition coefficient (Wildman–Crippen LogP) is 4.54. The van der Waals surface area contributed by atoms with E-state index in [9.17, 15) is 0 Å². The lowest BCUT2D eigenvalue weighted by atomic mass is 9.67. The lowest BCUT2D eigenvalue weighted by molar-refractivity contribution is 0.153. The van der Waals surface area contributed by atoms with E-state index in [0.717, 1.165) is 17.7 Å². The van der Waals surface area contributed by atoms with Crippen LogP contribution in [0.1, 0.15) is 94.1 Å². The van der Waals surface area contributed by atoms with Gasteiger partial charge in [0.15, 0.2) is 5.82 Å². The number of hydrogen-bond donors (Lipinski definition) is 1. The third-order valence-corrected chi connectivity index (χ3v) is 6.17. The van der Waals surface area contributed by atoms with E-state index in [-0.39, 0.29) is 0 Å². The molecule has 3 unspecified atom stereocenters. The van der Waals surface area contributed by atoms with Gasteiger partial charge in [-0.2, -0.15) is 5.10 Å². The fourth-order valence-electron chi connectivity index (χ4n) is 4.96. The number of fused-ring (bicyclic) bond motifs is 1. The number of H-pyrrole nitrogens is 1. The predicted molar refractivity (Wildman–Crippen MR) is 79.6 cm³/mol. The van der Waals surface area contributed by atoms with Gasteiger partial charge in [-0.25, -0.2) is 4.98 Å². The van der Waals surface area contributed by atoms with Gasteiger partial charge in [-0.05, 0) is 43.9 Å². The number of hydrogen-bond acceptors (Lipinski definition) is 2. The number of aromatic amines is 1. The summed E-state index contributed by atoms with van der Waals surface area (Å²) in [7, 11) is 0. The second-order valence-corrected chi connectivity index (χ2v) is 7.37. The molecule has 0 aliphatic heterocycles. The Hall–Kier alpha value is -0.860. The minimum atomic E-state index is 0.640. The Morgan fingerprint density at radius 2 is 1.50 bits per heavy atom. The van der Waals surface area contributed by atoms with E-state index in [2.05, 4.69) is 10.2 Å². The zero-order valence-corrected chi connectivity index (χ0v) is 12.5. The van der Waals surface area contributed by atoms with Gasteiger partial charge in [-0.3, -0.25) is 5.10 Å². The number of nitrogens with zero attached hydrogens (tertiary/aromatic N) is 2. The molecular weight excluding hydrogens is 246 g/mol. The summed E-state index contributed by atoms with van der Waals surface area (Å²) in [5, 5.41) is 7.84. The van der Waals surface area contributed by atoms with Crippen LogP contribution in [0.4, 0.5) is 0 Å². The Morgan fingerprint density at radius 1 is 0.750 bits per heavy atom.